The molecule has 0 radical (unpaired) electrons. The molecule has 7 nitrogen and oxygen atoms in total. The van der Waals surface area contributed by atoms with E-state index in [0.29, 0.717) is 24.3 Å². The van der Waals surface area contributed by atoms with E-state index in [1.807, 2.05) is 0 Å². The van der Waals surface area contributed by atoms with Gasteiger partial charge in [-0.05, 0) is 30.5 Å². The number of aliphatic hydroxyl groups is 1. The van der Waals surface area contributed by atoms with Crippen molar-refractivity contribution >= 4 is 11.6 Å². The Balaban J connectivity index is 1.64. The van der Waals surface area contributed by atoms with Crippen LogP contribution in [0.15, 0.2) is 47.1 Å². The smallest absolute Gasteiger partial charge is 0.269 e. The summed E-state index contributed by atoms with van der Waals surface area (Å²) in [4.78, 5) is 24.8. The van der Waals surface area contributed by atoms with Gasteiger partial charge in [0.25, 0.3) is 5.69 Å². The van der Waals surface area contributed by atoms with Crippen LogP contribution in [0.5, 0.6) is 0 Å². The van der Waals surface area contributed by atoms with Crippen molar-refractivity contribution < 1.29 is 19.2 Å². The third-order valence-corrected chi connectivity index (χ3v) is 4.54. The Morgan fingerprint density at radius 2 is 2.24 bits per heavy atom. The Morgan fingerprint density at radius 3 is 2.96 bits per heavy atom. The number of rotatable bonds is 6. The molecule has 2 aromatic rings. The number of aliphatic hydroxyl groups excluding tert-OH is 1. The summed E-state index contributed by atoms with van der Waals surface area (Å²) in [6.07, 6.45) is 3.03. The average molecular weight is 344 g/mol. The Labute approximate surface area is 145 Å². The summed E-state index contributed by atoms with van der Waals surface area (Å²) in [6, 6.07) is 9.53. The minimum atomic E-state index is -0.744. The van der Waals surface area contributed by atoms with Gasteiger partial charge in [-0.3, -0.25) is 14.9 Å². The van der Waals surface area contributed by atoms with Gasteiger partial charge in [-0.25, -0.2) is 0 Å². The van der Waals surface area contributed by atoms with Gasteiger partial charge in [-0.15, -0.1) is 0 Å². The molecule has 1 aromatic carbocycles. The highest BCUT2D eigenvalue weighted by Gasteiger charge is 2.31. The summed E-state index contributed by atoms with van der Waals surface area (Å²) in [5.74, 6) is 0.424. The molecule has 0 bridgehead atoms. The van der Waals surface area contributed by atoms with Crippen LogP contribution in [0, 0.1) is 10.1 Å². The first-order valence-corrected chi connectivity index (χ1v) is 8.29. The number of hydrogen-bond acceptors (Lipinski definition) is 5. The number of carbonyl (C=O) groups excluding carboxylic acids is 1. The van der Waals surface area contributed by atoms with E-state index in [1.165, 1.54) is 18.4 Å². The van der Waals surface area contributed by atoms with Crippen LogP contribution in [0.3, 0.4) is 0 Å². The molecule has 1 N–H and O–H groups in total. The quantitative estimate of drug-likeness (QED) is 0.642. The Morgan fingerprint density at radius 1 is 1.40 bits per heavy atom. The van der Waals surface area contributed by atoms with Crippen molar-refractivity contribution in [3.8, 4) is 0 Å². The van der Waals surface area contributed by atoms with Crippen LogP contribution in [-0.2, 0) is 11.2 Å². The second-order valence-corrected chi connectivity index (χ2v) is 6.25. The van der Waals surface area contributed by atoms with Crippen LogP contribution in [-0.4, -0.2) is 33.4 Å². The predicted octanol–water partition coefficient (Wildman–Crippen LogP) is 2.85. The average Bonchev–Trinajstić information content (AvgIpc) is 3.26. The lowest BCUT2D eigenvalue weighted by molar-refractivity contribution is -0.384. The van der Waals surface area contributed by atoms with Gasteiger partial charge in [0, 0.05) is 31.1 Å². The van der Waals surface area contributed by atoms with Crippen molar-refractivity contribution in [3.63, 3.8) is 0 Å². The van der Waals surface area contributed by atoms with Crippen LogP contribution in [0.2, 0.25) is 0 Å². The van der Waals surface area contributed by atoms with E-state index in [1.54, 1.807) is 29.2 Å². The van der Waals surface area contributed by atoms with Gasteiger partial charge in [-0.2, -0.15) is 0 Å². The molecule has 1 fully saturated rings. The normalized spacial score (nSPS) is 18.3. The number of nitro groups is 1. The molecule has 2 heterocycles. The lowest BCUT2D eigenvalue weighted by atomic mass is 10.0. The molecule has 7 heteroatoms. The van der Waals surface area contributed by atoms with Gasteiger partial charge in [0.15, 0.2) is 0 Å². The molecule has 1 saturated heterocycles. The van der Waals surface area contributed by atoms with E-state index in [-0.39, 0.29) is 24.1 Å². The zero-order valence-corrected chi connectivity index (χ0v) is 13.7. The first kappa shape index (κ1) is 17.2. The number of likely N-dealkylation sites (tertiary alicyclic amines) is 1. The van der Waals surface area contributed by atoms with Gasteiger partial charge < -0.3 is 14.4 Å². The van der Waals surface area contributed by atoms with Gasteiger partial charge in [0.2, 0.25) is 5.91 Å². The third kappa shape index (κ3) is 4.06. The van der Waals surface area contributed by atoms with Crippen molar-refractivity contribution in [2.24, 2.45) is 0 Å². The number of benzene rings is 1. The zero-order chi connectivity index (χ0) is 17.8. The highest BCUT2D eigenvalue weighted by atomic mass is 16.6. The topological polar surface area (TPSA) is 96.8 Å². The van der Waals surface area contributed by atoms with Crippen molar-refractivity contribution in [1.82, 2.24) is 4.90 Å². The molecule has 1 aliphatic rings. The monoisotopic (exact) mass is 344 g/mol. The molecule has 0 aliphatic carbocycles. The molecule has 0 saturated carbocycles. The molecule has 25 heavy (non-hydrogen) atoms. The fraction of sp³-hybridized carbons (Fsp3) is 0.389. The van der Waals surface area contributed by atoms with Crippen LogP contribution >= 0.6 is 0 Å². The summed E-state index contributed by atoms with van der Waals surface area (Å²) in [7, 11) is 0. The maximum Gasteiger partial charge on any atom is 0.269 e. The Hall–Kier alpha value is -2.67. The molecule has 1 aromatic heterocycles. The number of nitro benzene ring substituents is 1. The summed E-state index contributed by atoms with van der Waals surface area (Å²) < 4.78 is 5.22. The van der Waals surface area contributed by atoms with E-state index in [9.17, 15) is 20.0 Å². The molecule has 3 rings (SSSR count). The summed E-state index contributed by atoms with van der Waals surface area (Å²) >= 11 is 0. The first-order chi connectivity index (χ1) is 12.0. The number of nitrogens with zero attached hydrogens (tertiary/aromatic N) is 2. The maximum atomic E-state index is 12.6. The van der Waals surface area contributed by atoms with Gasteiger partial charge in [0.1, 0.15) is 11.9 Å². The van der Waals surface area contributed by atoms with Crippen molar-refractivity contribution in [3.05, 3.63) is 64.1 Å². The lowest BCUT2D eigenvalue weighted by Gasteiger charge is -2.26. The van der Waals surface area contributed by atoms with Crippen LogP contribution in [0.25, 0.3) is 0 Å². The lowest BCUT2D eigenvalue weighted by Crippen LogP contribution is -2.37. The SMILES string of the molecule is O=C(Cc1cccc([N+](=O)[O-])c1)N1CCC[C@@H]1C[C@@H](O)c1ccco1. The maximum absolute atomic E-state index is 12.6. The van der Waals surface area contributed by atoms with Crippen LogP contribution in [0.1, 0.15) is 36.7 Å². The second kappa shape index (κ2) is 7.48. The van der Waals surface area contributed by atoms with Gasteiger partial charge in [0.05, 0.1) is 17.6 Å². The Bertz CT molecular complexity index is 744. The minimum absolute atomic E-state index is 0.0171. The molecule has 1 amide bonds. The van der Waals surface area contributed by atoms with Crippen LogP contribution in [0.4, 0.5) is 5.69 Å². The predicted molar refractivity (Wildman–Crippen MR) is 89.8 cm³/mol. The van der Waals surface area contributed by atoms with Gasteiger partial charge in [-0.1, -0.05) is 12.1 Å². The van der Waals surface area contributed by atoms with E-state index in [0.717, 1.165) is 12.8 Å². The van der Waals surface area contributed by atoms with E-state index in [4.69, 9.17) is 4.42 Å². The second-order valence-electron chi connectivity index (χ2n) is 6.25. The first-order valence-electron chi connectivity index (χ1n) is 8.29. The summed E-state index contributed by atoms with van der Waals surface area (Å²) in [5, 5.41) is 21.1. The number of hydrogen-bond donors (Lipinski definition) is 1. The van der Waals surface area contributed by atoms with E-state index < -0.39 is 11.0 Å². The van der Waals surface area contributed by atoms with E-state index >= 15 is 0 Å². The molecule has 2 atom stereocenters. The van der Waals surface area contributed by atoms with Gasteiger partial charge >= 0.3 is 0 Å². The minimum Gasteiger partial charge on any atom is -0.467 e. The highest BCUT2D eigenvalue weighted by molar-refractivity contribution is 5.79. The van der Waals surface area contributed by atoms with Crippen molar-refractivity contribution in [2.75, 3.05) is 6.54 Å². The fourth-order valence-corrected chi connectivity index (χ4v) is 3.32. The van der Waals surface area contributed by atoms with Crippen molar-refractivity contribution in [1.29, 1.82) is 0 Å². The third-order valence-electron chi connectivity index (χ3n) is 4.54. The zero-order valence-electron chi connectivity index (χ0n) is 13.7. The molecule has 0 unspecified atom stereocenters. The summed E-state index contributed by atoms with van der Waals surface area (Å²) in [6.45, 7) is 0.642. The Kier molecular flexibility index (Phi) is 5.14. The fourth-order valence-electron chi connectivity index (χ4n) is 3.32. The molecular formula is C18H20N2O5. The van der Waals surface area contributed by atoms with Crippen LogP contribution < -0.4 is 0 Å². The number of non-ortho nitro benzene ring substituents is 1. The van der Waals surface area contributed by atoms with E-state index in [2.05, 4.69) is 0 Å². The van der Waals surface area contributed by atoms with Crippen molar-refractivity contribution in [2.45, 2.75) is 37.8 Å². The molecule has 132 valence electrons. The summed E-state index contributed by atoms with van der Waals surface area (Å²) in [5.41, 5.74) is 0.605. The largest absolute Gasteiger partial charge is 0.467 e. The standard InChI is InChI=1S/C18H20N2O5/c21-16(17-7-3-9-25-17)12-14-6-2-8-19(14)18(22)11-13-4-1-5-15(10-13)20(23)24/h1,3-5,7,9-10,14,16,21H,2,6,8,11-12H2/t14-,16-/m1/s1. The molecule has 1 aliphatic heterocycles. The molecule has 0 spiro atoms. The number of amides is 1. The number of carbonyl (C=O) groups is 1. The number of furan rings is 1. The molecular weight excluding hydrogens is 324 g/mol. The highest BCUT2D eigenvalue weighted by Crippen LogP contribution is 2.28.